The van der Waals surface area contributed by atoms with Crippen LogP contribution in [0.5, 0.6) is 0 Å². The smallest absolute Gasteiger partial charge is 0.278 e. The quantitative estimate of drug-likeness (QED) is 0.538. The molecule has 3 aromatic rings. The molecule has 1 heterocycles. The van der Waals surface area contributed by atoms with Crippen molar-refractivity contribution in [3.05, 3.63) is 75.7 Å². The van der Waals surface area contributed by atoms with Gasteiger partial charge < -0.3 is 4.57 Å². The Kier molecular flexibility index (Phi) is 3.17. The van der Waals surface area contributed by atoms with Gasteiger partial charge in [0, 0.05) is 18.8 Å². The van der Waals surface area contributed by atoms with E-state index in [4.69, 9.17) is 0 Å². The average Bonchev–Trinajstić information content (AvgIpc) is 2.85. The summed E-state index contributed by atoms with van der Waals surface area (Å²) < 4.78 is 15.1. The van der Waals surface area contributed by atoms with E-state index in [-0.39, 0.29) is 16.4 Å². The Bertz CT molecular complexity index is 839. The monoisotopic (exact) mass is 284 g/mol. The maximum Gasteiger partial charge on any atom is 0.278 e. The Balaban J connectivity index is 2.06. The maximum absolute atomic E-state index is 13.1. The van der Waals surface area contributed by atoms with Crippen LogP contribution in [-0.4, -0.2) is 9.49 Å². The summed E-state index contributed by atoms with van der Waals surface area (Å²) in [6.45, 7) is 2.41. The minimum absolute atomic E-state index is 0.0991. The van der Waals surface area contributed by atoms with Crippen molar-refractivity contribution < 1.29 is 9.31 Å². The number of aryl methyl sites for hydroxylation is 1. The molecule has 0 aliphatic heterocycles. The van der Waals surface area contributed by atoms with Crippen molar-refractivity contribution in [1.29, 1.82) is 0 Å². The standard InChI is InChI=1S/C16H13FN2O2/c1-11-9-13(17)6-5-12(11)10-18-8-7-14-15(18)3-2-4-16(14)19(20)21/h2-9H,10H2,1H3. The lowest BCUT2D eigenvalue weighted by Gasteiger charge is -2.09. The number of hydrogen-bond acceptors (Lipinski definition) is 2. The van der Waals surface area contributed by atoms with Crippen LogP contribution in [0.4, 0.5) is 10.1 Å². The number of nitro groups is 1. The minimum Gasteiger partial charge on any atom is -0.343 e. The van der Waals surface area contributed by atoms with Crippen LogP contribution in [0.25, 0.3) is 10.9 Å². The topological polar surface area (TPSA) is 48.1 Å². The molecule has 0 amide bonds. The molecule has 0 unspecified atom stereocenters. The van der Waals surface area contributed by atoms with E-state index in [1.807, 2.05) is 23.8 Å². The number of nitro benzene ring substituents is 1. The lowest BCUT2D eigenvalue weighted by Crippen LogP contribution is -2.00. The summed E-state index contributed by atoms with van der Waals surface area (Å²) in [5.41, 5.74) is 2.75. The Labute approximate surface area is 120 Å². The van der Waals surface area contributed by atoms with Crippen molar-refractivity contribution in [2.45, 2.75) is 13.5 Å². The van der Waals surface area contributed by atoms with Gasteiger partial charge in [-0.05, 0) is 42.3 Å². The fourth-order valence-electron chi connectivity index (χ4n) is 2.52. The molecule has 4 nitrogen and oxygen atoms in total. The van der Waals surface area contributed by atoms with Gasteiger partial charge in [0.2, 0.25) is 0 Å². The molecule has 2 aromatic carbocycles. The third-order valence-electron chi connectivity index (χ3n) is 3.63. The highest BCUT2D eigenvalue weighted by Crippen LogP contribution is 2.27. The number of fused-ring (bicyclic) bond motifs is 1. The molecular weight excluding hydrogens is 271 g/mol. The molecule has 0 spiro atoms. The van der Waals surface area contributed by atoms with Crippen molar-refractivity contribution in [3.63, 3.8) is 0 Å². The predicted octanol–water partition coefficient (Wildman–Crippen LogP) is 4.05. The molecule has 0 aliphatic rings. The van der Waals surface area contributed by atoms with Crippen molar-refractivity contribution in [2.75, 3.05) is 0 Å². The van der Waals surface area contributed by atoms with Crippen molar-refractivity contribution >= 4 is 16.6 Å². The van der Waals surface area contributed by atoms with E-state index in [2.05, 4.69) is 0 Å². The minimum atomic E-state index is -0.379. The molecule has 0 atom stereocenters. The highest BCUT2D eigenvalue weighted by Gasteiger charge is 2.14. The Morgan fingerprint density at radius 2 is 2.05 bits per heavy atom. The summed E-state index contributed by atoms with van der Waals surface area (Å²) in [6, 6.07) is 11.4. The van der Waals surface area contributed by atoms with Crippen LogP contribution in [0.1, 0.15) is 11.1 Å². The molecule has 0 aliphatic carbocycles. The number of hydrogen-bond donors (Lipinski definition) is 0. The van der Waals surface area contributed by atoms with E-state index in [0.717, 1.165) is 16.6 Å². The van der Waals surface area contributed by atoms with E-state index in [0.29, 0.717) is 11.9 Å². The van der Waals surface area contributed by atoms with Crippen LogP contribution in [0.15, 0.2) is 48.7 Å². The summed E-state index contributed by atoms with van der Waals surface area (Å²) in [7, 11) is 0. The molecule has 0 radical (unpaired) electrons. The number of nitrogens with zero attached hydrogens (tertiary/aromatic N) is 2. The van der Waals surface area contributed by atoms with E-state index in [1.54, 1.807) is 18.2 Å². The molecule has 1 aromatic heterocycles. The molecule has 3 rings (SSSR count). The second kappa shape index (κ2) is 5.01. The number of non-ortho nitro benzene ring substituents is 1. The molecule has 5 heteroatoms. The molecular formula is C16H13FN2O2. The molecule has 106 valence electrons. The van der Waals surface area contributed by atoms with Crippen LogP contribution in [-0.2, 0) is 6.54 Å². The molecule has 0 N–H and O–H groups in total. The van der Waals surface area contributed by atoms with Crippen LogP contribution in [0.3, 0.4) is 0 Å². The SMILES string of the molecule is Cc1cc(F)ccc1Cn1ccc2c([N+](=O)[O-])cccc21. The summed E-state index contributed by atoms with van der Waals surface area (Å²) in [5, 5.41) is 11.6. The molecule has 0 saturated heterocycles. The first kappa shape index (κ1) is 13.3. The zero-order valence-electron chi connectivity index (χ0n) is 11.4. The zero-order chi connectivity index (χ0) is 15.0. The van der Waals surface area contributed by atoms with Crippen LogP contribution < -0.4 is 0 Å². The zero-order valence-corrected chi connectivity index (χ0v) is 11.4. The number of rotatable bonds is 3. The Morgan fingerprint density at radius 3 is 2.76 bits per heavy atom. The fourth-order valence-corrected chi connectivity index (χ4v) is 2.52. The van der Waals surface area contributed by atoms with Gasteiger partial charge in [-0.1, -0.05) is 12.1 Å². The second-order valence-electron chi connectivity index (χ2n) is 4.98. The normalized spacial score (nSPS) is 11.0. The maximum atomic E-state index is 13.1. The van der Waals surface area contributed by atoms with Gasteiger partial charge in [0.15, 0.2) is 0 Å². The first-order chi connectivity index (χ1) is 10.1. The summed E-state index contributed by atoms with van der Waals surface area (Å²) >= 11 is 0. The van der Waals surface area contributed by atoms with E-state index in [1.165, 1.54) is 18.2 Å². The lowest BCUT2D eigenvalue weighted by molar-refractivity contribution is -0.383. The van der Waals surface area contributed by atoms with Gasteiger partial charge >= 0.3 is 0 Å². The number of halogens is 1. The van der Waals surface area contributed by atoms with Gasteiger partial charge in [-0.2, -0.15) is 0 Å². The Hall–Kier alpha value is -2.69. The van der Waals surface area contributed by atoms with Gasteiger partial charge in [-0.3, -0.25) is 10.1 Å². The van der Waals surface area contributed by atoms with Gasteiger partial charge in [0.1, 0.15) is 5.82 Å². The predicted molar refractivity (Wildman–Crippen MR) is 78.8 cm³/mol. The molecule has 21 heavy (non-hydrogen) atoms. The fraction of sp³-hybridized carbons (Fsp3) is 0.125. The molecule has 0 bridgehead atoms. The first-order valence-corrected chi connectivity index (χ1v) is 6.53. The lowest BCUT2D eigenvalue weighted by atomic mass is 10.1. The van der Waals surface area contributed by atoms with E-state index < -0.39 is 0 Å². The first-order valence-electron chi connectivity index (χ1n) is 6.53. The molecule has 0 saturated carbocycles. The Morgan fingerprint density at radius 1 is 1.24 bits per heavy atom. The van der Waals surface area contributed by atoms with Gasteiger partial charge in [-0.25, -0.2) is 4.39 Å². The number of aromatic nitrogens is 1. The third kappa shape index (κ3) is 2.38. The van der Waals surface area contributed by atoms with Gasteiger partial charge in [0.25, 0.3) is 5.69 Å². The van der Waals surface area contributed by atoms with E-state index in [9.17, 15) is 14.5 Å². The van der Waals surface area contributed by atoms with Crippen LogP contribution in [0.2, 0.25) is 0 Å². The van der Waals surface area contributed by atoms with Gasteiger partial charge in [-0.15, -0.1) is 0 Å². The third-order valence-corrected chi connectivity index (χ3v) is 3.63. The second-order valence-corrected chi connectivity index (χ2v) is 4.98. The van der Waals surface area contributed by atoms with E-state index >= 15 is 0 Å². The summed E-state index contributed by atoms with van der Waals surface area (Å²) in [4.78, 5) is 10.6. The average molecular weight is 284 g/mol. The van der Waals surface area contributed by atoms with Crippen molar-refractivity contribution in [3.8, 4) is 0 Å². The van der Waals surface area contributed by atoms with Gasteiger partial charge in [0.05, 0.1) is 15.8 Å². The summed E-state index contributed by atoms with van der Waals surface area (Å²) in [6.07, 6.45) is 1.82. The van der Waals surface area contributed by atoms with Crippen molar-refractivity contribution in [1.82, 2.24) is 4.57 Å². The largest absolute Gasteiger partial charge is 0.343 e. The molecule has 0 fully saturated rings. The van der Waals surface area contributed by atoms with Crippen molar-refractivity contribution in [2.24, 2.45) is 0 Å². The highest BCUT2D eigenvalue weighted by atomic mass is 19.1. The number of benzene rings is 2. The highest BCUT2D eigenvalue weighted by molar-refractivity contribution is 5.89. The van der Waals surface area contributed by atoms with Crippen LogP contribution in [0, 0.1) is 22.9 Å². The summed E-state index contributed by atoms with van der Waals surface area (Å²) in [5.74, 6) is -0.260. The van der Waals surface area contributed by atoms with Crippen LogP contribution >= 0.6 is 0 Å².